The molecule has 0 unspecified atom stereocenters. The highest BCUT2D eigenvalue weighted by Crippen LogP contribution is 2.56. The van der Waals surface area contributed by atoms with Gasteiger partial charge >= 0.3 is 0 Å². The van der Waals surface area contributed by atoms with Gasteiger partial charge < -0.3 is 8.83 Å². The largest absolute Gasteiger partial charge is 0.455 e. The Morgan fingerprint density at radius 2 is 1.50 bits per heavy atom. The second-order valence-electron chi connectivity index (χ2n) is 10.2. The minimum absolute atomic E-state index is 0.211. The molecule has 0 saturated heterocycles. The van der Waals surface area contributed by atoms with Crippen molar-refractivity contribution in [2.75, 3.05) is 0 Å². The molecule has 3 heteroatoms. The number of furan rings is 2. The second-order valence-corrected chi connectivity index (χ2v) is 10.2. The summed E-state index contributed by atoms with van der Waals surface area (Å²) in [6.45, 7) is 9.07. The molecule has 0 amide bonds. The van der Waals surface area contributed by atoms with Crippen LogP contribution in [0.1, 0.15) is 50.3 Å². The summed E-state index contributed by atoms with van der Waals surface area (Å²) in [5, 5.41) is 3.43. The smallest absolute Gasteiger partial charge is 0.153 e. The fourth-order valence-electron chi connectivity index (χ4n) is 5.94. The van der Waals surface area contributed by atoms with E-state index in [-0.39, 0.29) is 5.41 Å². The van der Waals surface area contributed by atoms with Crippen molar-refractivity contribution in [1.82, 2.24) is 4.98 Å². The van der Waals surface area contributed by atoms with Crippen LogP contribution in [0.3, 0.4) is 0 Å². The van der Waals surface area contributed by atoms with E-state index in [1.807, 2.05) is 18.3 Å². The van der Waals surface area contributed by atoms with E-state index in [2.05, 4.69) is 82.3 Å². The Balaban J connectivity index is 1.49. The maximum Gasteiger partial charge on any atom is 0.153 e. The molecule has 3 aromatic heterocycles. The van der Waals surface area contributed by atoms with Crippen LogP contribution >= 0.6 is 0 Å². The Kier molecular flexibility index (Phi) is 3.81. The number of rotatable bonds is 2. The summed E-state index contributed by atoms with van der Waals surface area (Å²) in [5.41, 5.74) is 9.62. The van der Waals surface area contributed by atoms with Gasteiger partial charge in [-0.3, -0.25) is 4.98 Å². The van der Waals surface area contributed by atoms with Crippen LogP contribution in [0.15, 0.2) is 81.8 Å². The van der Waals surface area contributed by atoms with Gasteiger partial charge in [0.2, 0.25) is 0 Å². The molecule has 0 spiro atoms. The molecular weight excluding hydrogens is 418 g/mol. The van der Waals surface area contributed by atoms with Gasteiger partial charge in [-0.15, -0.1) is 0 Å². The Labute approximate surface area is 198 Å². The molecule has 3 aromatic carbocycles. The topological polar surface area (TPSA) is 39.2 Å². The normalized spacial score (nSPS) is 14.4. The van der Waals surface area contributed by atoms with Gasteiger partial charge in [0.25, 0.3) is 0 Å². The molecule has 1 aliphatic rings. The fourth-order valence-corrected chi connectivity index (χ4v) is 5.94. The number of para-hydroxylation sites is 2. The molecule has 0 atom stereocenters. The van der Waals surface area contributed by atoms with Crippen LogP contribution in [0.4, 0.5) is 0 Å². The molecule has 34 heavy (non-hydrogen) atoms. The molecule has 3 nitrogen and oxygen atoms in total. The zero-order valence-corrected chi connectivity index (χ0v) is 19.8. The number of hydrogen-bond donors (Lipinski definition) is 0. The summed E-state index contributed by atoms with van der Waals surface area (Å²) in [7, 11) is 0. The first kappa shape index (κ1) is 19.6. The number of nitrogens with zero attached hydrogens (tertiary/aromatic N) is 1. The lowest BCUT2D eigenvalue weighted by atomic mass is 9.78. The molecule has 1 aliphatic carbocycles. The van der Waals surface area contributed by atoms with Gasteiger partial charge in [0.1, 0.15) is 16.9 Å². The number of benzene rings is 3. The third-order valence-corrected chi connectivity index (χ3v) is 7.47. The van der Waals surface area contributed by atoms with Crippen LogP contribution < -0.4 is 0 Å². The van der Waals surface area contributed by atoms with E-state index in [0.717, 1.165) is 44.5 Å². The lowest BCUT2D eigenvalue weighted by Crippen LogP contribution is -2.16. The Bertz CT molecular complexity index is 1760. The predicted molar refractivity (Wildman–Crippen MR) is 138 cm³/mol. The number of aromatic nitrogens is 1. The number of hydrogen-bond acceptors (Lipinski definition) is 3. The van der Waals surface area contributed by atoms with Crippen LogP contribution in [0.25, 0.3) is 55.5 Å². The molecule has 0 fully saturated rings. The third kappa shape index (κ3) is 2.44. The fraction of sp³-hybridized carbons (Fsp3) is 0.194. The summed E-state index contributed by atoms with van der Waals surface area (Å²) in [6.07, 6.45) is 1.86. The van der Waals surface area contributed by atoms with E-state index in [1.165, 1.54) is 27.6 Å². The van der Waals surface area contributed by atoms with Crippen molar-refractivity contribution in [2.45, 2.75) is 39.0 Å². The van der Waals surface area contributed by atoms with E-state index in [0.29, 0.717) is 5.92 Å². The maximum atomic E-state index is 6.64. The van der Waals surface area contributed by atoms with Crippen LogP contribution in [-0.4, -0.2) is 4.98 Å². The Hall–Kier alpha value is -3.85. The standard InChI is InChI=1S/C31H25NO2/c1-17(2)18-10-7-13-22-28-30(34-29(18)22)21-12-8-11-20(27(21)31(28,3)4)24-15-23-19-9-5-6-14-25(19)33-26(23)16-32-24/h5-17H,1-4H3. The molecule has 0 bridgehead atoms. The molecule has 166 valence electrons. The average molecular weight is 444 g/mol. The van der Waals surface area contributed by atoms with Crippen LogP contribution in [0.2, 0.25) is 0 Å². The molecule has 0 N–H and O–H groups in total. The van der Waals surface area contributed by atoms with Crippen molar-refractivity contribution < 1.29 is 8.83 Å². The average Bonchev–Trinajstić information content (AvgIpc) is 3.47. The Morgan fingerprint density at radius 1 is 0.735 bits per heavy atom. The van der Waals surface area contributed by atoms with Gasteiger partial charge in [-0.05, 0) is 29.2 Å². The van der Waals surface area contributed by atoms with Crippen LogP contribution in [-0.2, 0) is 5.41 Å². The highest BCUT2D eigenvalue weighted by Gasteiger charge is 2.42. The SMILES string of the molecule is CC(C)c1cccc2c3c(oc12)-c1cccc(-c2cc4c(cn2)oc2ccccc24)c1C3(C)C. The second kappa shape index (κ2) is 6.60. The van der Waals surface area contributed by atoms with Crippen molar-refractivity contribution in [1.29, 1.82) is 0 Å². The van der Waals surface area contributed by atoms with Gasteiger partial charge in [0.15, 0.2) is 5.58 Å². The first-order valence-corrected chi connectivity index (χ1v) is 11.9. The molecule has 6 aromatic rings. The zero-order valence-electron chi connectivity index (χ0n) is 19.8. The van der Waals surface area contributed by atoms with Crippen molar-refractivity contribution in [3.63, 3.8) is 0 Å². The highest BCUT2D eigenvalue weighted by molar-refractivity contribution is 6.06. The lowest BCUT2D eigenvalue weighted by Gasteiger charge is -2.24. The third-order valence-electron chi connectivity index (χ3n) is 7.47. The summed E-state index contributed by atoms with van der Waals surface area (Å²) < 4.78 is 12.7. The maximum absolute atomic E-state index is 6.64. The molecule has 0 saturated carbocycles. The van der Waals surface area contributed by atoms with Gasteiger partial charge in [0.05, 0.1) is 11.9 Å². The predicted octanol–water partition coefficient (Wildman–Crippen LogP) is 8.82. The van der Waals surface area contributed by atoms with Gasteiger partial charge in [-0.25, -0.2) is 0 Å². The number of pyridine rings is 1. The highest BCUT2D eigenvalue weighted by atomic mass is 16.3. The monoisotopic (exact) mass is 443 g/mol. The molecule has 3 heterocycles. The van der Waals surface area contributed by atoms with E-state index < -0.39 is 0 Å². The zero-order chi connectivity index (χ0) is 23.2. The van der Waals surface area contributed by atoms with Crippen molar-refractivity contribution in [2.24, 2.45) is 0 Å². The van der Waals surface area contributed by atoms with Gasteiger partial charge in [0, 0.05) is 38.3 Å². The Morgan fingerprint density at radius 3 is 2.35 bits per heavy atom. The van der Waals surface area contributed by atoms with E-state index >= 15 is 0 Å². The van der Waals surface area contributed by atoms with E-state index in [4.69, 9.17) is 13.8 Å². The summed E-state index contributed by atoms with van der Waals surface area (Å²) >= 11 is 0. The quantitative estimate of drug-likeness (QED) is 0.268. The lowest BCUT2D eigenvalue weighted by molar-refractivity contribution is 0.613. The van der Waals surface area contributed by atoms with Gasteiger partial charge in [-0.2, -0.15) is 0 Å². The van der Waals surface area contributed by atoms with Crippen molar-refractivity contribution in [3.8, 4) is 22.6 Å². The summed E-state index contributed by atoms with van der Waals surface area (Å²) in [6, 6.07) is 23.4. The van der Waals surface area contributed by atoms with E-state index in [9.17, 15) is 0 Å². The van der Waals surface area contributed by atoms with Crippen molar-refractivity contribution in [3.05, 3.63) is 89.6 Å². The first-order chi connectivity index (χ1) is 16.4. The first-order valence-electron chi connectivity index (χ1n) is 11.9. The molecular formula is C31H25NO2. The molecule has 7 rings (SSSR count). The van der Waals surface area contributed by atoms with Crippen LogP contribution in [0.5, 0.6) is 0 Å². The van der Waals surface area contributed by atoms with Gasteiger partial charge in [-0.1, -0.05) is 82.3 Å². The molecule has 0 radical (unpaired) electrons. The van der Waals surface area contributed by atoms with Crippen molar-refractivity contribution >= 4 is 32.9 Å². The number of fused-ring (bicyclic) bond motifs is 8. The minimum Gasteiger partial charge on any atom is -0.455 e. The van der Waals surface area contributed by atoms with Crippen LogP contribution in [0, 0.1) is 0 Å². The molecule has 0 aliphatic heterocycles. The summed E-state index contributed by atoms with van der Waals surface area (Å²) in [4.78, 5) is 4.84. The van der Waals surface area contributed by atoms with E-state index in [1.54, 1.807) is 0 Å². The minimum atomic E-state index is -0.211. The summed E-state index contributed by atoms with van der Waals surface area (Å²) in [5.74, 6) is 1.41.